The van der Waals surface area contributed by atoms with Gasteiger partial charge in [0.1, 0.15) is 0 Å². The van der Waals surface area contributed by atoms with Crippen molar-refractivity contribution < 1.29 is 9.59 Å². The first kappa shape index (κ1) is 23.5. The molecule has 1 aliphatic rings. The molecule has 0 aliphatic carbocycles. The van der Waals surface area contributed by atoms with Gasteiger partial charge in [-0.15, -0.1) is 0 Å². The number of piperidine rings is 1. The van der Waals surface area contributed by atoms with Gasteiger partial charge in [0.05, 0.1) is 11.6 Å². The van der Waals surface area contributed by atoms with E-state index < -0.39 is 0 Å². The molecule has 178 valence electrons. The van der Waals surface area contributed by atoms with E-state index in [1.165, 1.54) is 0 Å². The molecule has 0 saturated carbocycles. The van der Waals surface area contributed by atoms with Crippen molar-refractivity contribution in [2.24, 2.45) is 5.92 Å². The fraction of sp³-hybridized carbons (Fsp3) is 0.370. The molecule has 3 aromatic rings. The van der Waals surface area contributed by atoms with Crippen molar-refractivity contribution in [2.75, 3.05) is 32.0 Å². The highest BCUT2D eigenvalue weighted by atomic mass is 16.2. The molecule has 1 fully saturated rings. The third-order valence-electron chi connectivity index (χ3n) is 6.34. The molecular weight excluding hydrogens is 426 g/mol. The summed E-state index contributed by atoms with van der Waals surface area (Å²) in [4.78, 5) is 29.3. The summed E-state index contributed by atoms with van der Waals surface area (Å²) >= 11 is 0. The number of rotatable bonds is 7. The van der Waals surface area contributed by atoms with Gasteiger partial charge in [-0.05, 0) is 56.4 Å². The van der Waals surface area contributed by atoms with E-state index in [0.29, 0.717) is 19.6 Å². The third-order valence-corrected chi connectivity index (χ3v) is 6.34. The van der Waals surface area contributed by atoms with Crippen LogP contribution in [0.25, 0.3) is 11.3 Å². The maximum Gasteiger partial charge on any atom is 0.321 e. The summed E-state index contributed by atoms with van der Waals surface area (Å²) in [6, 6.07) is 19.8. The van der Waals surface area contributed by atoms with E-state index in [9.17, 15) is 9.59 Å². The number of amides is 3. The summed E-state index contributed by atoms with van der Waals surface area (Å²) < 4.78 is 0. The Kier molecular flexibility index (Phi) is 7.62. The molecule has 1 atom stereocenters. The van der Waals surface area contributed by atoms with E-state index in [1.807, 2.05) is 68.6 Å². The van der Waals surface area contributed by atoms with Crippen LogP contribution in [0.5, 0.6) is 0 Å². The number of nitrogens with one attached hydrogen (secondary N) is 2. The molecule has 2 N–H and O–H groups in total. The van der Waals surface area contributed by atoms with Gasteiger partial charge in [-0.3, -0.25) is 9.89 Å². The average Bonchev–Trinajstić information content (AvgIpc) is 3.33. The van der Waals surface area contributed by atoms with Gasteiger partial charge >= 0.3 is 6.03 Å². The van der Waals surface area contributed by atoms with Crippen LogP contribution in [0.15, 0.2) is 60.7 Å². The van der Waals surface area contributed by atoms with E-state index in [-0.39, 0.29) is 17.9 Å². The fourth-order valence-electron chi connectivity index (χ4n) is 4.46. The number of likely N-dealkylation sites (tertiary alicyclic amines) is 1. The van der Waals surface area contributed by atoms with E-state index >= 15 is 0 Å². The van der Waals surface area contributed by atoms with Crippen LogP contribution in [0.3, 0.4) is 0 Å². The van der Waals surface area contributed by atoms with Crippen LogP contribution in [0, 0.1) is 12.8 Å². The van der Waals surface area contributed by atoms with Crippen molar-refractivity contribution in [1.29, 1.82) is 0 Å². The van der Waals surface area contributed by atoms with Crippen LogP contribution < -0.4 is 5.32 Å². The smallest absolute Gasteiger partial charge is 0.321 e. The summed E-state index contributed by atoms with van der Waals surface area (Å²) in [5.74, 6) is -0.0403. The van der Waals surface area contributed by atoms with Gasteiger partial charge in [0.15, 0.2) is 0 Å². The average molecular weight is 460 g/mol. The molecule has 2 aromatic carbocycles. The zero-order valence-electron chi connectivity index (χ0n) is 20.0. The van der Waals surface area contributed by atoms with Crippen LogP contribution in [-0.4, -0.2) is 58.6 Å². The van der Waals surface area contributed by atoms with Crippen molar-refractivity contribution in [3.05, 3.63) is 71.9 Å². The molecule has 1 saturated heterocycles. The molecule has 0 spiro atoms. The molecular formula is C27H33N5O2. The molecule has 3 amide bonds. The Hall–Kier alpha value is -3.61. The zero-order valence-corrected chi connectivity index (χ0v) is 20.0. The molecule has 0 radical (unpaired) electrons. The lowest BCUT2D eigenvalue weighted by molar-refractivity contribution is -0.135. The van der Waals surface area contributed by atoms with Gasteiger partial charge in [0.25, 0.3) is 0 Å². The molecule has 7 heteroatoms. The van der Waals surface area contributed by atoms with Gasteiger partial charge in [-0.2, -0.15) is 5.10 Å². The van der Waals surface area contributed by atoms with E-state index in [1.54, 1.807) is 9.80 Å². The third kappa shape index (κ3) is 6.04. The van der Waals surface area contributed by atoms with Gasteiger partial charge in [0, 0.05) is 43.6 Å². The Balaban J connectivity index is 1.24. The molecule has 2 heterocycles. The SMILES string of the molecule is Cc1cccc(NC(=O)N2CCCC(C(=O)N(C)CCCc3cc(-c4ccccc4)n[nH]3)C2)c1. The number of hydrogen-bond donors (Lipinski definition) is 2. The first-order chi connectivity index (χ1) is 16.5. The molecule has 34 heavy (non-hydrogen) atoms. The Bertz CT molecular complexity index is 1110. The van der Waals surface area contributed by atoms with Crippen molar-refractivity contribution in [3.8, 4) is 11.3 Å². The number of benzene rings is 2. The van der Waals surface area contributed by atoms with Crippen molar-refractivity contribution in [1.82, 2.24) is 20.0 Å². The van der Waals surface area contributed by atoms with Crippen LogP contribution in [-0.2, 0) is 11.2 Å². The normalized spacial score (nSPS) is 15.7. The Morgan fingerprint density at radius 2 is 1.97 bits per heavy atom. The molecule has 1 aromatic heterocycles. The molecule has 0 bridgehead atoms. The number of aryl methyl sites for hydroxylation is 2. The monoisotopic (exact) mass is 459 g/mol. The number of hydrogen-bond acceptors (Lipinski definition) is 3. The highest BCUT2D eigenvalue weighted by Crippen LogP contribution is 2.21. The Morgan fingerprint density at radius 1 is 1.15 bits per heavy atom. The molecule has 1 unspecified atom stereocenters. The van der Waals surface area contributed by atoms with Crippen LogP contribution in [0.2, 0.25) is 0 Å². The number of aromatic amines is 1. The van der Waals surface area contributed by atoms with E-state index in [0.717, 1.165) is 53.9 Å². The number of carbonyl (C=O) groups excluding carboxylic acids is 2. The minimum Gasteiger partial charge on any atom is -0.345 e. The molecule has 1 aliphatic heterocycles. The predicted octanol–water partition coefficient (Wildman–Crippen LogP) is 4.72. The maximum atomic E-state index is 13.0. The van der Waals surface area contributed by atoms with Crippen LogP contribution >= 0.6 is 0 Å². The molecule has 7 nitrogen and oxygen atoms in total. The fourth-order valence-corrected chi connectivity index (χ4v) is 4.46. The van der Waals surface area contributed by atoms with Gasteiger partial charge in [-0.1, -0.05) is 42.5 Å². The number of H-pyrrole nitrogens is 1. The maximum absolute atomic E-state index is 13.0. The summed E-state index contributed by atoms with van der Waals surface area (Å²) in [5.41, 5.74) is 4.97. The van der Waals surface area contributed by atoms with Gasteiger partial charge < -0.3 is 15.1 Å². The van der Waals surface area contributed by atoms with Gasteiger partial charge in [0.2, 0.25) is 5.91 Å². The summed E-state index contributed by atoms with van der Waals surface area (Å²) in [7, 11) is 1.86. The first-order valence-corrected chi connectivity index (χ1v) is 12.0. The number of carbonyl (C=O) groups is 2. The van der Waals surface area contributed by atoms with Gasteiger partial charge in [-0.25, -0.2) is 4.79 Å². The second kappa shape index (κ2) is 11.0. The molecule has 4 rings (SSSR count). The summed E-state index contributed by atoms with van der Waals surface area (Å²) in [5, 5.41) is 10.5. The minimum absolute atomic E-state index is 0.114. The van der Waals surface area contributed by atoms with Crippen molar-refractivity contribution in [3.63, 3.8) is 0 Å². The largest absolute Gasteiger partial charge is 0.345 e. The highest BCUT2D eigenvalue weighted by molar-refractivity contribution is 5.90. The lowest BCUT2D eigenvalue weighted by Crippen LogP contribution is -2.47. The zero-order chi connectivity index (χ0) is 23.9. The second-order valence-corrected chi connectivity index (χ2v) is 9.09. The standard InChI is InChI=1S/C27H33N5O2/c1-20-9-6-13-23(17-20)28-27(34)32-16-7-12-22(19-32)26(33)31(2)15-8-14-24-18-25(30-29-24)21-10-4-3-5-11-21/h3-6,9-11,13,17-18,22H,7-8,12,14-16,19H2,1-2H3,(H,28,34)(H,29,30). The number of nitrogens with zero attached hydrogens (tertiary/aromatic N) is 3. The number of urea groups is 1. The van der Waals surface area contributed by atoms with Crippen LogP contribution in [0.4, 0.5) is 10.5 Å². The highest BCUT2D eigenvalue weighted by Gasteiger charge is 2.30. The number of anilines is 1. The lowest BCUT2D eigenvalue weighted by atomic mass is 9.96. The second-order valence-electron chi connectivity index (χ2n) is 9.09. The van der Waals surface area contributed by atoms with Crippen molar-refractivity contribution >= 4 is 17.6 Å². The Morgan fingerprint density at radius 3 is 2.76 bits per heavy atom. The lowest BCUT2D eigenvalue weighted by Gasteiger charge is -2.34. The van der Waals surface area contributed by atoms with Crippen molar-refractivity contribution in [2.45, 2.75) is 32.6 Å². The van der Waals surface area contributed by atoms with E-state index in [2.05, 4.69) is 21.6 Å². The Labute approximate surface area is 201 Å². The van der Waals surface area contributed by atoms with Crippen LogP contribution in [0.1, 0.15) is 30.5 Å². The summed E-state index contributed by atoms with van der Waals surface area (Å²) in [6.45, 7) is 3.80. The predicted molar refractivity (Wildman–Crippen MR) is 134 cm³/mol. The first-order valence-electron chi connectivity index (χ1n) is 12.0. The van der Waals surface area contributed by atoms with E-state index in [4.69, 9.17) is 0 Å². The minimum atomic E-state index is -0.154. The summed E-state index contributed by atoms with van der Waals surface area (Å²) in [6.07, 6.45) is 3.33. The topological polar surface area (TPSA) is 81.3 Å². The quantitative estimate of drug-likeness (QED) is 0.536. The number of aromatic nitrogens is 2.